The highest BCUT2D eigenvalue weighted by atomic mass is 32.2. The fraction of sp³-hybridized carbons (Fsp3) is 0.200. The van der Waals surface area contributed by atoms with E-state index in [0.29, 0.717) is 23.8 Å². The molecule has 3 aromatic carbocycles. The quantitative estimate of drug-likeness (QED) is 0.480. The van der Waals surface area contributed by atoms with Crippen LogP contribution in [0.4, 0.5) is 5.95 Å². The molecule has 0 unspecified atom stereocenters. The van der Waals surface area contributed by atoms with Crippen LogP contribution in [0.3, 0.4) is 0 Å². The molecule has 0 spiro atoms. The third-order valence-corrected chi connectivity index (χ3v) is 8.37. The summed E-state index contributed by atoms with van der Waals surface area (Å²) in [5, 5.41) is 8.65. The van der Waals surface area contributed by atoms with E-state index >= 15 is 0 Å². The third kappa shape index (κ3) is 3.63. The predicted molar refractivity (Wildman–Crippen MR) is 127 cm³/mol. The van der Waals surface area contributed by atoms with Crippen LogP contribution in [0.1, 0.15) is 12.0 Å². The van der Waals surface area contributed by atoms with Crippen molar-refractivity contribution < 1.29 is 8.42 Å². The van der Waals surface area contributed by atoms with Crippen molar-refractivity contribution in [2.75, 3.05) is 18.4 Å². The van der Waals surface area contributed by atoms with Gasteiger partial charge in [-0.15, -0.1) is 0 Å². The van der Waals surface area contributed by atoms with E-state index in [9.17, 15) is 8.42 Å². The lowest BCUT2D eigenvalue weighted by atomic mass is 10.1. The van der Waals surface area contributed by atoms with Gasteiger partial charge in [-0.3, -0.25) is 0 Å². The summed E-state index contributed by atoms with van der Waals surface area (Å²) in [6.45, 7) is 2.82. The number of sulfone groups is 1. The Bertz CT molecular complexity index is 1380. The van der Waals surface area contributed by atoms with E-state index in [1.54, 1.807) is 18.3 Å². The zero-order chi connectivity index (χ0) is 22.2. The number of nitrogens with zero attached hydrogens (tertiary/aromatic N) is 2. The Morgan fingerprint density at radius 2 is 1.75 bits per heavy atom. The molecule has 1 aliphatic rings. The van der Waals surface area contributed by atoms with Crippen LogP contribution in [-0.2, 0) is 9.84 Å². The van der Waals surface area contributed by atoms with Gasteiger partial charge >= 0.3 is 0 Å². The Hall–Kier alpha value is -3.29. The molecular weight excluding hydrogens is 420 g/mol. The molecule has 32 heavy (non-hydrogen) atoms. The van der Waals surface area contributed by atoms with Gasteiger partial charge in [0.15, 0.2) is 4.87 Å². The fourth-order valence-corrected chi connectivity index (χ4v) is 5.98. The molecule has 0 amide bonds. The highest BCUT2D eigenvalue weighted by Gasteiger charge is 2.47. The lowest BCUT2D eigenvalue weighted by molar-refractivity contribution is 0.548. The van der Waals surface area contributed by atoms with E-state index in [4.69, 9.17) is 0 Å². The molecule has 5 rings (SSSR count). The van der Waals surface area contributed by atoms with Crippen LogP contribution in [0, 0.1) is 6.92 Å². The molecule has 0 saturated carbocycles. The van der Waals surface area contributed by atoms with Gasteiger partial charge < -0.3 is 10.6 Å². The van der Waals surface area contributed by atoms with Gasteiger partial charge in [-0.2, -0.15) is 0 Å². The smallest absolute Gasteiger partial charge is 0.224 e. The monoisotopic (exact) mass is 444 g/mol. The summed E-state index contributed by atoms with van der Waals surface area (Å²) in [7, 11) is -3.68. The molecule has 2 N–H and O–H groups in total. The second-order valence-electron chi connectivity index (χ2n) is 8.19. The maximum absolute atomic E-state index is 13.6. The van der Waals surface area contributed by atoms with Gasteiger partial charge in [-0.25, -0.2) is 18.4 Å². The van der Waals surface area contributed by atoms with E-state index < -0.39 is 14.7 Å². The van der Waals surface area contributed by atoms with Crippen LogP contribution in [-0.4, -0.2) is 36.3 Å². The number of anilines is 1. The topological polar surface area (TPSA) is 84.0 Å². The first-order valence-corrected chi connectivity index (χ1v) is 12.1. The number of benzene rings is 3. The van der Waals surface area contributed by atoms with E-state index in [1.165, 1.54) is 0 Å². The molecule has 7 heteroatoms. The van der Waals surface area contributed by atoms with Crippen molar-refractivity contribution in [1.29, 1.82) is 0 Å². The minimum absolute atomic E-state index is 0.284. The Morgan fingerprint density at radius 1 is 0.969 bits per heavy atom. The molecule has 1 aliphatic heterocycles. The van der Waals surface area contributed by atoms with Crippen LogP contribution in [0.2, 0.25) is 0 Å². The van der Waals surface area contributed by atoms with Crippen molar-refractivity contribution in [2.45, 2.75) is 23.1 Å². The summed E-state index contributed by atoms with van der Waals surface area (Å²) in [6, 6.07) is 23.1. The standard InChI is InChI=1S/C25H24N4O2S/c1-18-6-10-22(11-7-18)32(30,31)25(13-15-26-17-25)29-24-27-14-12-23(28-24)21-9-8-19-4-2-3-5-20(19)16-21/h2-12,14,16,26H,13,15,17H2,1H3,(H,27,28,29)/t25-/m0/s1. The number of rotatable bonds is 5. The molecule has 2 heterocycles. The van der Waals surface area contributed by atoms with Crippen LogP contribution in [0.25, 0.3) is 22.0 Å². The number of aryl methyl sites for hydroxylation is 1. The predicted octanol–water partition coefficient (Wildman–Crippen LogP) is 4.18. The summed E-state index contributed by atoms with van der Waals surface area (Å²) >= 11 is 0. The first-order valence-electron chi connectivity index (χ1n) is 10.6. The van der Waals surface area contributed by atoms with Crippen molar-refractivity contribution >= 4 is 26.6 Å². The second-order valence-corrected chi connectivity index (χ2v) is 10.4. The number of hydrogen-bond donors (Lipinski definition) is 2. The number of aromatic nitrogens is 2. The second kappa shape index (κ2) is 8.00. The molecule has 6 nitrogen and oxygen atoms in total. The van der Waals surface area contributed by atoms with Gasteiger partial charge in [0.2, 0.25) is 15.8 Å². The minimum atomic E-state index is -3.68. The van der Waals surface area contributed by atoms with E-state index in [0.717, 1.165) is 27.6 Å². The van der Waals surface area contributed by atoms with Crippen molar-refractivity contribution in [3.8, 4) is 11.3 Å². The zero-order valence-electron chi connectivity index (χ0n) is 17.7. The zero-order valence-corrected chi connectivity index (χ0v) is 18.6. The molecule has 1 fully saturated rings. The van der Waals surface area contributed by atoms with Gasteiger partial charge in [0.25, 0.3) is 0 Å². The van der Waals surface area contributed by atoms with Crippen LogP contribution < -0.4 is 10.6 Å². The van der Waals surface area contributed by atoms with E-state index in [1.807, 2.05) is 43.3 Å². The third-order valence-electron chi connectivity index (χ3n) is 6.00. The lowest BCUT2D eigenvalue weighted by Gasteiger charge is -2.29. The van der Waals surface area contributed by atoms with Crippen LogP contribution >= 0.6 is 0 Å². The Kier molecular flexibility index (Phi) is 5.15. The van der Waals surface area contributed by atoms with Crippen molar-refractivity contribution in [1.82, 2.24) is 15.3 Å². The first kappa shape index (κ1) is 20.6. The molecule has 162 valence electrons. The van der Waals surface area contributed by atoms with Gasteiger partial charge in [-0.1, -0.05) is 54.1 Å². The molecular formula is C25H24N4O2S. The summed E-state index contributed by atoms with van der Waals surface area (Å²) in [5.74, 6) is 0.301. The molecule has 1 saturated heterocycles. The molecule has 1 atom stereocenters. The van der Waals surface area contributed by atoms with Gasteiger partial charge in [0.1, 0.15) is 0 Å². The van der Waals surface area contributed by atoms with Gasteiger partial charge in [0.05, 0.1) is 10.6 Å². The summed E-state index contributed by atoms with van der Waals surface area (Å²) in [6.07, 6.45) is 2.08. The van der Waals surface area contributed by atoms with E-state index in [2.05, 4.69) is 44.9 Å². The molecule has 1 aromatic heterocycles. The normalized spacial score (nSPS) is 18.7. The summed E-state index contributed by atoms with van der Waals surface area (Å²) < 4.78 is 27.2. The molecule has 0 radical (unpaired) electrons. The minimum Gasteiger partial charge on any atom is -0.334 e. The molecule has 4 aromatic rings. The SMILES string of the molecule is Cc1ccc(S(=O)(=O)[C@@]2(Nc3nccc(-c4ccc5ccccc5c4)n3)CCNC2)cc1. The molecule has 0 bridgehead atoms. The van der Waals surface area contributed by atoms with Crippen LogP contribution in [0.15, 0.2) is 83.9 Å². The van der Waals surface area contributed by atoms with Crippen LogP contribution in [0.5, 0.6) is 0 Å². The van der Waals surface area contributed by atoms with Crippen molar-refractivity contribution in [3.05, 3.63) is 84.6 Å². The average molecular weight is 445 g/mol. The van der Waals surface area contributed by atoms with Crippen molar-refractivity contribution in [2.24, 2.45) is 0 Å². The molecule has 0 aliphatic carbocycles. The highest BCUT2D eigenvalue weighted by Crippen LogP contribution is 2.32. The van der Waals surface area contributed by atoms with E-state index in [-0.39, 0.29) is 6.54 Å². The Balaban J connectivity index is 1.51. The number of fused-ring (bicyclic) bond motifs is 1. The highest BCUT2D eigenvalue weighted by molar-refractivity contribution is 7.93. The van der Waals surface area contributed by atoms with Gasteiger partial charge in [0, 0.05) is 18.3 Å². The van der Waals surface area contributed by atoms with Crippen molar-refractivity contribution in [3.63, 3.8) is 0 Å². The number of nitrogens with one attached hydrogen (secondary N) is 2. The Labute approximate surface area is 187 Å². The maximum Gasteiger partial charge on any atom is 0.224 e. The number of hydrogen-bond acceptors (Lipinski definition) is 6. The maximum atomic E-state index is 13.6. The largest absolute Gasteiger partial charge is 0.334 e. The Morgan fingerprint density at radius 3 is 2.50 bits per heavy atom. The lowest BCUT2D eigenvalue weighted by Crippen LogP contribution is -2.48. The first-order chi connectivity index (χ1) is 15.5. The summed E-state index contributed by atoms with van der Waals surface area (Å²) in [4.78, 5) is 8.10. The van der Waals surface area contributed by atoms with Gasteiger partial charge in [-0.05, 0) is 54.9 Å². The average Bonchev–Trinajstić information content (AvgIpc) is 3.29. The fourth-order valence-electron chi connectivity index (χ4n) is 4.15. The summed E-state index contributed by atoms with van der Waals surface area (Å²) in [5.41, 5.74) is 2.71.